The molecule has 1 aromatic rings. The molecular formula is C14H20N2O3. The highest BCUT2D eigenvalue weighted by molar-refractivity contribution is 5.75. The maximum atomic E-state index is 11.3. The van der Waals surface area contributed by atoms with E-state index < -0.39 is 6.04 Å². The number of anilines is 1. The largest absolute Gasteiger partial charge is 0.468 e. The van der Waals surface area contributed by atoms with E-state index in [0.717, 1.165) is 31.9 Å². The van der Waals surface area contributed by atoms with E-state index in [-0.39, 0.29) is 5.97 Å². The number of carbonyl (C=O) groups is 1. The molecule has 0 saturated carbocycles. The normalized spacial score (nSPS) is 17.1. The molecule has 1 aliphatic rings. The minimum atomic E-state index is -0.598. The van der Waals surface area contributed by atoms with Crippen LogP contribution >= 0.6 is 0 Å². The Morgan fingerprint density at radius 2 is 2.00 bits per heavy atom. The van der Waals surface area contributed by atoms with E-state index in [4.69, 9.17) is 10.5 Å². The third-order valence-corrected chi connectivity index (χ3v) is 3.27. The van der Waals surface area contributed by atoms with Crippen molar-refractivity contribution in [2.75, 3.05) is 38.3 Å². The van der Waals surface area contributed by atoms with Crippen molar-refractivity contribution >= 4 is 11.7 Å². The molecule has 2 rings (SSSR count). The molecule has 2 N–H and O–H groups in total. The van der Waals surface area contributed by atoms with Crippen LogP contribution in [0.4, 0.5) is 5.69 Å². The smallest absolute Gasteiger partial charge is 0.322 e. The molecule has 104 valence electrons. The quantitative estimate of drug-likeness (QED) is 0.805. The molecule has 1 fully saturated rings. The van der Waals surface area contributed by atoms with Crippen LogP contribution in [-0.4, -0.2) is 45.4 Å². The van der Waals surface area contributed by atoms with Crippen molar-refractivity contribution in [3.05, 3.63) is 29.8 Å². The van der Waals surface area contributed by atoms with E-state index in [1.807, 2.05) is 12.1 Å². The molecular weight excluding hydrogens is 244 g/mol. The van der Waals surface area contributed by atoms with Gasteiger partial charge in [0.05, 0.1) is 20.3 Å². The molecule has 1 saturated heterocycles. The van der Waals surface area contributed by atoms with Gasteiger partial charge in [0, 0.05) is 18.8 Å². The van der Waals surface area contributed by atoms with Crippen LogP contribution in [-0.2, 0) is 20.7 Å². The molecule has 1 heterocycles. The van der Waals surface area contributed by atoms with Gasteiger partial charge in [-0.25, -0.2) is 0 Å². The molecule has 1 atom stereocenters. The van der Waals surface area contributed by atoms with Gasteiger partial charge in [-0.15, -0.1) is 0 Å². The van der Waals surface area contributed by atoms with Gasteiger partial charge in [-0.2, -0.15) is 0 Å². The first kappa shape index (κ1) is 13.8. The van der Waals surface area contributed by atoms with Crippen LogP contribution in [0, 0.1) is 0 Å². The summed E-state index contributed by atoms with van der Waals surface area (Å²) in [6.45, 7) is 3.38. The van der Waals surface area contributed by atoms with Gasteiger partial charge in [0.2, 0.25) is 0 Å². The molecule has 0 bridgehead atoms. The number of methoxy groups -OCH3 is 1. The molecule has 0 spiro atoms. The first-order valence-corrected chi connectivity index (χ1v) is 6.46. The lowest BCUT2D eigenvalue weighted by Gasteiger charge is -2.29. The van der Waals surface area contributed by atoms with Gasteiger partial charge in [-0.1, -0.05) is 12.1 Å². The van der Waals surface area contributed by atoms with Gasteiger partial charge in [0.1, 0.15) is 6.04 Å². The highest BCUT2D eigenvalue weighted by atomic mass is 16.5. The Bertz CT molecular complexity index is 413. The summed E-state index contributed by atoms with van der Waals surface area (Å²) in [5.74, 6) is -0.378. The molecule has 19 heavy (non-hydrogen) atoms. The minimum absolute atomic E-state index is 0.378. The number of rotatable bonds is 4. The van der Waals surface area contributed by atoms with Crippen LogP contribution in [0.15, 0.2) is 24.3 Å². The molecule has 5 heteroatoms. The Kier molecular flexibility index (Phi) is 4.76. The van der Waals surface area contributed by atoms with Crippen molar-refractivity contribution in [3.8, 4) is 0 Å². The van der Waals surface area contributed by atoms with Crippen LogP contribution in [0.25, 0.3) is 0 Å². The van der Waals surface area contributed by atoms with Crippen molar-refractivity contribution in [1.29, 1.82) is 0 Å². The number of ether oxygens (including phenoxy) is 2. The van der Waals surface area contributed by atoms with Gasteiger partial charge >= 0.3 is 5.97 Å². The van der Waals surface area contributed by atoms with E-state index in [0.29, 0.717) is 6.42 Å². The maximum Gasteiger partial charge on any atom is 0.322 e. The van der Waals surface area contributed by atoms with E-state index >= 15 is 0 Å². The van der Waals surface area contributed by atoms with Crippen molar-refractivity contribution < 1.29 is 14.3 Å². The summed E-state index contributed by atoms with van der Waals surface area (Å²) in [7, 11) is 1.35. The average molecular weight is 264 g/mol. The lowest BCUT2D eigenvalue weighted by atomic mass is 10.1. The fourth-order valence-electron chi connectivity index (χ4n) is 2.15. The molecule has 0 amide bonds. The fourth-order valence-corrected chi connectivity index (χ4v) is 2.15. The summed E-state index contributed by atoms with van der Waals surface area (Å²) in [4.78, 5) is 13.5. The zero-order valence-corrected chi connectivity index (χ0v) is 11.2. The Morgan fingerprint density at radius 1 is 1.37 bits per heavy atom. The third-order valence-electron chi connectivity index (χ3n) is 3.27. The Hall–Kier alpha value is -1.59. The highest BCUT2D eigenvalue weighted by Gasteiger charge is 2.15. The molecule has 1 aromatic carbocycles. The molecule has 0 unspecified atom stereocenters. The number of hydrogen-bond acceptors (Lipinski definition) is 5. The molecule has 1 aliphatic heterocycles. The molecule has 0 aromatic heterocycles. The Labute approximate surface area is 113 Å². The highest BCUT2D eigenvalue weighted by Crippen LogP contribution is 2.17. The standard InChI is InChI=1S/C14H20N2O3/c1-18-14(17)13(15)10-11-2-4-12(5-3-11)16-6-8-19-9-7-16/h2-5,13H,6-10,15H2,1H3/t13-/m0/s1. The number of benzene rings is 1. The van der Waals surface area contributed by atoms with Crippen LogP contribution in [0.5, 0.6) is 0 Å². The van der Waals surface area contributed by atoms with Crippen LogP contribution in [0.2, 0.25) is 0 Å². The minimum Gasteiger partial charge on any atom is -0.468 e. The summed E-state index contributed by atoms with van der Waals surface area (Å²) < 4.78 is 9.94. The SMILES string of the molecule is COC(=O)[C@@H](N)Cc1ccc(N2CCOCC2)cc1. The summed E-state index contributed by atoms with van der Waals surface area (Å²) in [6, 6.07) is 7.54. The maximum absolute atomic E-state index is 11.3. The van der Waals surface area contributed by atoms with E-state index in [2.05, 4.69) is 21.8 Å². The summed E-state index contributed by atoms with van der Waals surface area (Å²) in [6.07, 6.45) is 0.496. The van der Waals surface area contributed by atoms with Crippen LogP contribution < -0.4 is 10.6 Å². The van der Waals surface area contributed by atoms with Gasteiger partial charge in [-0.3, -0.25) is 4.79 Å². The predicted octanol–water partition coefficient (Wildman–Crippen LogP) is 0.566. The Balaban J connectivity index is 1.96. The summed E-state index contributed by atoms with van der Waals surface area (Å²) in [5, 5.41) is 0. The van der Waals surface area contributed by atoms with Gasteiger partial charge in [0.15, 0.2) is 0 Å². The van der Waals surface area contributed by atoms with E-state index in [1.165, 1.54) is 12.8 Å². The topological polar surface area (TPSA) is 64.8 Å². The number of esters is 1. The molecule has 0 aliphatic carbocycles. The number of nitrogens with zero attached hydrogens (tertiary/aromatic N) is 1. The van der Waals surface area contributed by atoms with Gasteiger partial charge in [-0.05, 0) is 24.1 Å². The second-order valence-corrected chi connectivity index (χ2v) is 4.60. The number of nitrogens with two attached hydrogens (primary N) is 1. The molecule has 0 radical (unpaired) electrons. The first-order chi connectivity index (χ1) is 9.20. The zero-order valence-electron chi connectivity index (χ0n) is 11.2. The predicted molar refractivity (Wildman–Crippen MR) is 73.2 cm³/mol. The van der Waals surface area contributed by atoms with Crippen molar-refractivity contribution in [2.24, 2.45) is 5.73 Å². The number of morpholine rings is 1. The summed E-state index contributed by atoms with van der Waals surface area (Å²) in [5.41, 5.74) is 7.96. The number of carbonyl (C=O) groups excluding carboxylic acids is 1. The second-order valence-electron chi connectivity index (χ2n) is 4.60. The lowest BCUT2D eigenvalue weighted by molar-refractivity contribution is -0.142. The Morgan fingerprint density at radius 3 is 2.58 bits per heavy atom. The summed E-state index contributed by atoms with van der Waals surface area (Å²) >= 11 is 0. The number of hydrogen-bond donors (Lipinski definition) is 1. The van der Waals surface area contributed by atoms with Crippen LogP contribution in [0.1, 0.15) is 5.56 Å². The molecule has 5 nitrogen and oxygen atoms in total. The van der Waals surface area contributed by atoms with Gasteiger partial charge < -0.3 is 20.1 Å². The average Bonchev–Trinajstić information content (AvgIpc) is 2.48. The first-order valence-electron chi connectivity index (χ1n) is 6.46. The van der Waals surface area contributed by atoms with Gasteiger partial charge in [0.25, 0.3) is 0 Å². The third kappa shape index (κ3) is 3.68. The lowest BCUT2D eigenvalue weighted by Crippen LogP contribution is -2.36. The fraction of sp³-hybridized carbons (Fsp3) is 0.500. The van der Waals surface area contributed by atoms with Crippen LogP contribution in [0.3, 0.4) is 0 Å². The van der Waals surface area contributed by atoms with Crippen molar-refractivity contribution in [2.45, 2.75) is 12.5 Å². The van der Waals surface area contributed by atoms with E-state index in [9.17, 15) is 4.79 Å². The monoisotopic (exact) mass is 264 g/mol. The van der Waals surface area contributed by atoms with Crippen molar-refractivity contribution in [1.82, 2.24) is 0 Å². The zero-order chi connectivity index (χ0) is 13.7. The second kappa shape index (κ2) is 6.54. The van der Waals surface area contributed by atoms with Crippen molar-refractivity contribution in [3.63, 3.8) is 0 Å². The van der Waals surface area contributed by atoms with E-state index in [1.54, 1.807) is 0 Å².